The number of carbonyl (C=O) groups excluding carboxylic acids is 1. The van der Waals surface area contributed by atoms with E-state index < -0.39 is 0 Å². The summed E-state index contributed by atoms with van der Waals surface area (Å²) < 4.78 is 0. The second-order valence-electron chi connectivity index (χ2n) is 2.95. The van der Waals surface area contributed by atoms with Gasteiger partial charge in [0.25, 0.3) is 0 Å². The maximum Gasteiger partial charge on any atom is 0.139 e. The van der Waals surface area contributed by atoms with E-state index in [0.29, 0.717) is 17.6 Å². The fraction of sp³-hybridized carbons (Fsp3) is 0.857. The van der Waals surface area contributed by atoms with Crippen molar-refractivity contribution >= 4 is 43.0 Å². The highest BCUT2D eigenvalue weighted by molar-refractivity contribution is 5.87. The van der Waals surface area contributed by atoms with Crippen LogP contribution in [0.15, 0.2) is 0 Å². The minimum absolute atomic E-state index is 0. The van der Waals surface area contributed by atoms with Crippen LogP contribution in [0.4, 0.5) is 0 Å². The number of Topliss-reactive ketones (excluding diaryl/α,β-unsaturated/α-hetero) is 1. The number of ketones is 1. The van der Waals surface area contributed by atoms with Gasteiger partial charge in [0, 0.05) is 11.8 Å². The van der Waals surface area contributed by atoms with E-state index in [1.54, 1.807) is 0 Å². The molecule has 0 radical (unpaired) electrons. The molecule has 11 heavy (non-hydrogen) atoms. The van der Waals surface area contributed by atoms with Crippen molar-refractivity contribution < 1.29 is 4.79 Å². The summed E-state index contributed by atoms with van der Waals surface area (Å²) >= 11 is 0. The molecule has 0 unspecified atom stereocenters. The lowest BCUT2D eigenvalue weighted by Crippen LogP contribution is -2.01. The van der Waals surface area contributed by atoms with E-state index >= 15 is 0 Å². The molecule has 0 heterocycles. The van der Waals surface area contributed by atoms with E-state index in [4.69, 9.17) is 0 Å². The molecule has 0 aromatic rings. The van der Waals surface area contributed by atoms with Crippen molar-refractivity contribution in [2.75, 3.05) is 0 Å². The maximum absolute atomic E-state index is 11.0. The number of halogens is 3. The average molecular weight is 220 g/mol. The molecule has 2 saturated carbocycles. The molecule has 4 heteroatoms. The quantitative estimate of drug-likeness (QED) is 0.698. The van der Waals surface area contributed by atoms with Crippen molar-refractivity contribution in [2.45, 2.75) is 25.7 Å². The standard InChI is InChI=1S/C7H10O.3ClH/c8-7(5-1-2-5)6-3-4-6;;;/h5-6H,1-4H2;3*1H. The predicted octanol–water partition coefficient (Wildman–Crippen LogP) is 2.64. The molecule has 0 spiro atoms. The fourth-order valence-electron chi connectivity index (χ4n) is 1.07. The van der Waals surface area contributed by atoms with E-state index in [1.807, 2.05) is 0 Å². The Bertz CT molecular complexity index is 116. The van der Waals surface area contributed by atoms with Crippen molar-refractivity contribution in [3.8, 4) is 0 Å². The summed E-state index contributed by atoms with van der Waals surface area (Å²) in [6, 6.07) is 0. The predicted molar refractivity (Wildman–Crippen MR) is 52.2 cm³/mol. The molecule has 0 aromatic heterocycles. The lowest BCUT2D eigenvalue weighted by molar-refractivity contribution is -0.121. The third kappa shape index (κ3) is 3.64. The van der Waals surface area contributed by atoms with Crippen LogP contribution in [0, 0.1) is 11.8 Å². The Morgan fingerprint density at radius 2 is 1.09 bits per heavy atom. The molecular weight excluding hydrogens is 206 g/mol. The third-order valence-corrected chi connectivity index (χ3v) is 1.96. The van der Waals surface area contributed by atoms with E-state index in [1.165, 1.54) is 25.7 Å². The van der Waals surface area contributed by atoms with E-state index in [0.717, 1.165) is 0 Å². The van der Waals surface area contributed by atoms with Crippen LogP contribution in [0.3, 0.4) is 0 Å². The Morgan fingerprint density at radius 1 is 0.818 bits per heavy atom. The normalized spacial score (nSPS) is 20.4. The molecular formula is C7H13Cl3O. The van der Waals surface area contributed by atoms with Gasteiger partial charge in [0.15, 0.2) is 0 Å². The summed E-state index contributed by atoms with van der Waals surface area (Å²) in [4.78, 5) is 11.0. The SMILES string of the molecule is Cl.Cl.Cl.O=C(C1CC1)C1CC1. The van der Waals surface area contributed by atoms with Gasteiger partial charge in [-0.05, 0) is 25.7 Å². The molecule has 0 aliphatic heterocycles. The van der Waals surface area contributed by atoms with Crippen molar-refractivity contribution in [1.82, 2.24) is 0 Å². The van der Waals surface area contributed by atoms with Crippen LogP contribution in [0.1, 0.15) is 25.7 Å². The van der Waals surface area contributed by atoms with Gasteiger partial charge in [0.05, 0.1) is 0 Å². The Hall–Kier alpha value is 0.540. The topological polar surface area (TPSA) is 17.1 Å². The van der Waals surface area contributed by atoms with Gasteiger partial charge in [-0.15, -0.1) is 37.2 Å². The first kappa shape index (κ1) is 14.1. The van der Waals surface area contributed by atoms with Crippen molar-refractivity contribution in [3.63, 3.8) is 0 Å². The molecule has 0 amide bonds. The van der Waals surface area contributed by atoms with Gasteiger partial charge in [-0.3, -0.25) is 4.79 Å². The van der Waals surface area contributed by atoms with Crippen molar-refractivity contribution in [2.24, 2.45) is 11.8 Å². The first-order chi connectivity index (χ1) is 3.88. The highest BCUT2D eigenvalue weighted by Crippen LogP contribution is 2.40. The van der Waals surface area contributed by atoms with Gasteiger partial charge in [-0.25, -0.2) is 0 Å². The van der Waals surface area contributed by atoms with Gasteiger partial charge in [-0.2, -0.15) is 0 Å². The molecule has 0 atom stereocenters. The zero-order chi connectivity index (χ0) is 5.56. The summed E-state index contributed by atoms with van der Waals surface area (Å²) in [6.45, 7) is 0. The maximum atomic E-state index is 11.0. The summed E-state index contributed by atoms with van der Waals surface area (Å²) in [5, 5.41) is 0. The van der Waals surface area contributed by atoms with Gasteiger partial charge < -0.3 is 0 Å². The van der Waals surface area contributed by atoms with Gasteiger partial charge in [0.2, 0.25) is 0 Å². The highest BCUT2D eigenvalue weighted by atomic mass is 35.5. The molecule has 2 fully saturated rings. The molecule has 0 saturated heterocycles. The van der Waals surface area contributed by atoms with Crippen LogP contribution in [0.25, 0.3) is 0 Å². The number of hydrogen-bond acceptors (Lipinski definition) is 1. The first-order valence-electron chi connectivity index (χ1n) is 3.41. The van der Waals surface area contributed by atoms with Crippen LogP contribution in [-0.4, -0.2) is 5.78 Å². The van der Waals surface area contributed by atoms with E-state index in [9.17, 15) is 4.79 Å². The zero-order valence-electron chi connectivity index (χ0n) is 6.12. The molecule has 0 N–H and O–H groups in total. The van der Waals surface area contributed by atoms with Crippen LogP contribution in [0.5, 0.6) is 0 Å². The minimum atomic E-state index is 0. The zero-order valence-corrected chi connectivity index (χ0v) is 8.57. The molecule has 0 bridgehead atoms. The molecule has 2 aliphatic carbocycles. The summed E-state index contributed by atoms with van der Waals surface area (Å²) in [5.41, 5.74) is 0. The lowest BCUT2D eigenvalue weighted by Gasteiger charge is -1.87. The summed E-state index contributed by atoms with van der Waals surface area (Å²) in [6.07, 6.45) is 4.76. The van der Waals surface area contributed by atoms with Gasteiger partial charge in [-0.1, -0.05) is 0 Å². The highest BCUT2D eigenvalue weighted by Gasteiger charge is 2.39. The lowest BCUT2D eigenvalue weighted by atomic mass is 10.2. The fourth-order valence-corrected chi connectivity index (χ4v) is 1.07. The average Bonchev–Trinajstić information content (AvgIpc) is 2.63. The molecule has 2 aliphatic rings. The second-order valence-corrected chi connectivity index (χ2v) is 2.95. The number of rotatable bonds is 2. The van der Waals surface area contributed by atoms with Gasteiger partial charge in [0.1, 0.15) is 5.78 Å². The van der Waals surface area contributed by atoms with Crippen LogP contribution in [0.2, 0.25) is 0 Å². The minimum Gasteiger partial charge on any atom is -0.299 e. The van der Waals surface area contributed by atoms with Crippen LogP contribution < -0.4 is 0 Å². The number of carbonyl (C=O) groups is 1. The Kier molecular flexibility index (Phi) is 6.70. The third-order valence-electron chi connectivity index (χ3n) is 1.96. The van der Waals surface area contributed by atoms with E-state index in [2.05, 4.69) is 0 Å². The monoisotopic (exact) mass is 218 g/mol. The summed E-state index contributed by atoms with van der Waals surface area (Å²) in [5.74, 6) is 1.61. The van der Waals surface area contributed by atoms with Crippen molar-refractivity contribution in [3.05, 3.63) is 0 Å². The van der Waals surface area contributed by atoms with Crippen molar-refractivity contribution in [1.29, 1.82) is 0 Å². The second kappa shape index (κ2) is 5.23. The Labute approximate surface area is 85.5 Å². The first-order valence-corrected chi connectivity index (χ1v) is 3.41. The smallest absolute Gasteiger partial charge is 0.139 e. The molecule has 2 rings (SSSR count). The van der Waals surface area contributed by atoms with Gasteiger partial charge >= 0.3 is 0 Å². The number of hydrogen-bond donors (Lipinski definition) is 0. The van der Waals surface area contributed by atoms with Crippen LogP contribution in [-0.2, 0) is 4.79 Å². The van der Waals surface area contributed by atoms with Crippen LogP contribution >= 0.6 is 37.2 Å². The molecule has 1 nitrogen and oxygen atoms in total. The Balaban J connectivity index is 0. The Morgan fingerprint density at radius 3 is 1.27 bits per heavy atom. The van der Waals surface area contributed by atoms with E-state index in [-0.39, 0.29) is 37.2 Å². The molecule has 68 valence electrons. The molecule has 0 aromatic carbocycles. The largest absolute Gasteiger partial charge is 0.299 e. The summed E-state index contributed by atoms with van der Waals surface area (Å²) in [7, 11) is 0.